The number of benzene rings is 3. The zero-order chi connectivity index (χ0) is 28.4. The second kappa shape index (κ2) is 13.5. The number of amides is 2. The Morgan fingerprint density at radius 1 is 0.850 bits per heavy atom. The minimum absolute atomic E-state index is 0.0811. The van der Waals surface area contributed by atoms with E-state index < -0.39 is 23.3 Å². The number of hydrogen-bond donors (Lipinski definition) is 3. The Morgan fingerprint density at radius 3 is 2.00 bits per heavy atom. The van der Waals surface area contributed by atoms with Crippen LogP contribution in [0, 0.1) is 0 Å². The number of nitrogens with one attached hydrogen (secondary N) is 3. The average molecular weight is 545 g/mol. The predicted octanol–water partition coefficient (Wildman–Crippen LogP) is 5.35. The third-order valence-corrected chi connectivity index (χ3v) is 6.79. The maximum atomic E-state index is 13.3. The molecular formula is C32H40N4O4. The number of carbonyl (C=O) groups is 2. The van der Waals surface area contributed by atoms with Gasteiger partial charge in [0.2, 0.25) is 0 Å². The predicted molar refractivity (Wildman–Crippen MR) is 155 cm³/mol. The van der Waals surface area contributed by atoms with E-state index in [9.17, 15) is 9.59 Å². The number of alkyl carbamates (subject to hydrolysis) is 1. The van der Waals surface area contributed by atoms with Crippen molar-refractivity contribution in [2.75, 3.05) is 19.6 Å². The number of hydrazine groups is 1. The van der Waals surface area contributed by atoms with Gasteiger partial charge in [-0.1, -0.05) is 91.0 Å². The lowest BCUT2D eigenvalue weighted by atomic mass is 9.82. The molecule has 2 amide bonds. The Balaban J connectivity index is 1.52. The molecule has 1 atom stereocenters. The fraction of sp³-hybridized carbons (Fsp3) is 0.375. The van der Waals surface area contributed by atoms with Gasteiger partial charge in [0.25, 0.3) is 0 Å². The van der Waals surface area contributed by atoms with E-state index in [1.807, 2.05) is 117 Å². The van der Waals surface area contributed by atoms with Crippen molar-refractivity contribution in [1.82, 2.24) is 21.1 Å². The number of rotatable bonds is 9. The van der Waals surface area contributed by atoms with Crippen molar-refractivity contribution in [3.05, 3.63) is 108 Å². The Morgan fingerprint density at radius 2 is 1.43 bits per heavy atom. The molecule has 0 radical (unpaired) electrons. The number of nitrogens with zero attached hydrogens (tertiary/aromatic N) is 1. The van der Waals surface area contributed by atoms with Crippen LogP contribution < -0.4 is 16.1 Å². The van der Waals surface area contributed by atoms with Crippen LogP contribution in [-0.4, -0.2) is 48.5 Å². The third-order valence-electron chi connectivity index (χ3n) is 6.79. The van der Waals surface area contributed by atoms with Crippen LogP contribution in [0.5, 0.6) is 0 Å². The highest BCUT2D eigenvalue weighted by atomic mass is 16.6. The maximum absolute atomic E-state index is 13.3. The Labute approximate surface area is 237 Å². The van der Waals surface area contributed by atoms with E-state index in [4.69, 9.17) is 9.47 Å². The molecule has 3 aromatic carbocycles. The molecule has 3 N–H and O–H groups in total. The third kappa shape index (κ3) is 8.31. The molecule has 1 fully saturated rings. The summed E-state index contributed by atoms with van der Waals surface area (Å²) in [6, 6.07) is 29.6. The van der Waals surface area contributed by atoms with Crippen LogP contribution in [0.15, 0.2) is 91.0 Å². The van der Waals surface area contributed by atoms with E-state index in [1.165, 1.54) is 0 Å². The summed E-state index contributed by atoms with van der Waals surface area (Å²) < 4.78 is 11.1. The molecule has 8 heteroatoms. The molecule has 212 valence electrons. The minimum Gasteiger partial charge on any atom is -0.445 e. The van der Waals surface area contributed by atoms with Crippen molar-refractivity contribution in [2.24, 2.45) is 0 Å². The molecule has 1 heterocycles. The second-order valence-electron chi connectivity index (χ2n) is 11.1. The standard InChI is InChI=1S/C32H40N4O4/c1-31(2,3)40-30(38)35-36-21-13-20-28(22-36)33-24-32(26-16-9-5-10-17-26,27-18-11-6-12-19-27)34-29(37)39-23-25-14-7-4-8-15-25/h4-12,14-19,28,33H,13,20-24H2,1-3H3,(H,34,37)(H,35,38)/t28-/m0/s1. The van der Waals surface area contributed by atoms with Gasteiger partial charge in [0.05, 0.1) is 0 Å². The molecule has 4 rings (SSSR count). The van der Waals surface area contributed by atoms with Gasteiger partial charge in [0.1, 0.15) is 17.7 Å². The van der Waals surface area contributed by atoms with Gasteiger partial charge in [0, 0.05) is 25.7 Å². The lowest BCUT2D eigenvalue weighted by Gasteiger charge is -2.39. The Kier molecular flexibility index (Phi) is 9.79. The fourth-order valence-electron chi connectivity index (χ4n) is 4.91. The largest absolute Gasteiger partial charge is 0.445 e. The Hall–Kier alpha value is -3.88. The molecule has 1 saturated heterocycles. The first-order chi connectivity index (χ1) is 19.2. The topological polar surface area (TPSA) is 91.9 Å². The number of hydrogen-bond acceptors (Lipinski definition) is 6. The highest BCUT2D eigenvalue weighted by Gasteiger charge is 2.37. The van der Waals surface area contributed by atoms with Gasteiger partial charge in [-0.25, -0.2) is 14.6 Å². The molecule has 0 saturated carbocycles. The normalized spacial score (nSPS) is 16.1. The molecule has 0 bridgehead atoms. The lowest BCUT2D eigenvalue weighted by Crippen LogP contribution is -2.58. The van der Waals surface area contributed by atoms with Gasteiger partial charge < -0.3 is 20.1 Å². The van der Waals surface area contributed by atoms with Crippen LogP contribution in [0.25, 0.3) is 0 Å². The highest BCUT2D eigenvalue weighted by molar-refractivity contribution is 5.70. The van der Waals surface area contributed by atoms with Crippen molar-refractivity contribution >= 4 is 12.2 Å². The van der Waals surface area contributed by atoms with Gasteiger partial charge in [-0.05, 0) is 50.3 Å². The van der Waals surface area contributed by atoms with Crippen molar-refractivity contribution < 1.29 is 19.1 Å². The first-order valence-corrected chi connectivity index (χ1v) is 13.8. The summed E-state index contributed by atoms with van der Waals surface area (Å²) in [5.74, 6) is 0. The first kappa shape index (κ1) is 29.1. The molecule has 40 heavy (non-hydrogen) atoms. The lowest BCUT2D eigenvalue weighted by molar-refractivity contribution is 0.0268. The maximum Gasteiger partial charge on any atom is 0.422 e. The van der Waals surface area contributed by atoms with E-state index in [2.05, 4.69) is 16.1 Å². The number of carbonyl (C=O) groups excluding carboxylic acids is 2. The SMILES string of the molecule is CC(C)(C)OC(=O)NN1CCC[C@H](NCC(NC(=O)OCc2ccccc2)(c2ccccc2)c2ccccc2)C1. The second-order valence-corrected chi connectivity index (χ2v) is 11.1. The molecule has 1 aliphatic heterocycles. The first-order valence-electron chi connectivity index (χ1n) is 13.8. The van der Waals surface area contributed by atoms with Gasteiger partial charge >= 0.3 is 12.2 Å². The van der Waals surface area contributed by atoms with Crippen LogP contribution >= 0.6 is 0 Å². The van der Waals surface area contributed by atoms with Crippen molar-refractivity contribution in [1.29, 1.82) is 0 Å². The van der Waals surface area contributed by atoms with E-state index in [1.54, 1.807) is 0 Å². The summed E-state index contributed by atoms with van der Waals surface area (Å²) in [6.07, 6.45) is 0.878. The monoisotopic (exact) mass is 544 g/mol. The summed E-state index contributed by atoms with van der Waals surface area (Å²) in [7, 11) is 0. The fourth-order valence-corrected chi connectivity index (χ4v) is 4.91. The van der Waals surface area contributed by atoms with Crippen molar-refractivity contribution in [3.63, 3.8) is 0 Å². The van der Waals surface area contributed by atoms with Crippen molar-refractivity contribution in [3.8, 4) is 0 Å². The van der Waals surface area contributed by atoms with Crippen LogP contribution in [0.3, 0.4) is 0 Å². The van der Waals surface area contributed by atoms with Crippen LogP contribution in [0.4, 0.5) is 9.59 Å². The number of ether oxygens (including phenoxy) is 2. The summed E-state index contributed by atoms with van der Waals surface area (Å²) in [6.45, 7) is 7.48. The van der Waals surface area contributed by atoms with Crippen LogP contribution in [-0.2, 0) is 21.6 Å². The Bertz CT molecular complexity index is 1180. The van der Waals surface area contributed by atoms with Crippen LogP contribution in [0.2, 0.25) is 0 Å². The van der Waals surface area contributed by atoms with Crippen molar-refractivity contribution in [2.45, 2.75) is 57.4 Å². The molecule has 0 aliphatic carbocycles. The van der Waals surface area contributed by atoms with E-state index in [-0.39, 0.29) is 12.6 Å². The van der Waals surface area contributed by atoms with Gasteiger partial charge in [0.15, 0.2) is 0 Å². The van der Waals surface area contributed by atoms with Gasteiger partial charge in [-0.15, -0.1) is 0 Å². The molecule has 0 spiro atoms. The molecular weight excluding hydrogens is 504 g/mol. The summed E-state index contributed by atoms with van der Waals surface area (Å²) in [4.78, 5) is 25.6. The summed E-state index contributed by atoms with van der Waals surface area (Å²) in [5.41, 5.74) is 4.20. The quantitative estimate of drug-likeness (QED) is 0.336. The number of piperidine rings is 1. The molecule has 0 unspecified atom stereocenters. The molecule has 3 aromatic rings. The van der Waals surface area contributed by atoms with E-state index >= 15 is 0 Å². The molecule has 1 aliphatic rings. The minimum atomic E-state index is -0.892. The van der Waals surface area contributed by atoms with Crippen LogP contribution in [0.1, 0.15) is 50.3 Å². The van der Waals surface area contributed by atoms with E-state index in [0.717, 1.165) is 36.1 Å². The van der Waals surface area contributed by atoms with Gasteiger partial charge in [-0.2, -0.15) is 0 Å². The average Bonchev–Trinajstić information content (AvgIpc) is 2.95. The molecule has 0 aromatic heterocycles. The zero-order valence-corrected chi connectivity index (χ0v) is 23.6. The zero-order valence-electron chi connectivity index (χ0n) is 23.6. The summed E-state index contributed by atoms with van der Waals surface area (Å²) in [5, 5.41) is 8.79. The molecule has 8 nitrogen and oxygen atoms in total. The smallest absolute Gasteiger partial charge is 0.422 e. The summed E-state index contributed by atoms with van der Waals surface area (Å²) >= 11 is 0. The highest BCUT2D eigenvalue weighted by Crippen LogP contribution is 2.30. The van der Waals surface area contributed by atoms with Gasteiger partial charge in [-0.3, -0.25) is 5.43 Å². The van der Waals surface area contributed by atoms with E-state index in [0.29, 0.717) is 13.1 Å².